The van der Waals surface area contributed by atoms with Crippen LogP contribution in [0.3, 0.4) is 0 Å². The zero-order valence-corrected chi connectivity index (χ0v) is 32.3. The van der Waals surface area contributed by atoms with Crippen molar-refractivity contribution in [2.45, 2.75) is 6.92 Å². The highest BCUT2D eigenvalue weighted by atomic mass is 15.2. The Morgan fingerprint density at radius 3 is 1.24 bits per heavy atom. The second-order valence-corrected chi connectivity index (χ2v) is 14.7. The summed E-state index contributed by atoms with van der Waals surface area (Å²) < 4.78 is 2.43. The summed E-state index contributed by atoms with van der Waals surface area (Å²) in [6.45, 7) is 2.23. The van der Waals surface area contributed by atoms with Gasteiger partial charge in [-0.25, -0.2) is 0 Å². The minimum absolute atomic E-state index is 1.08. The third-order valence-electron chi connectivity index (χ3n) is 11.1. The van der Waals surface area contributed by atoms with Crippen molar-refractivity contribution in [3.05, 3.63) is 236 Å². The third-order valence-corrected chi connectivity index (χ3v) is 11.1. The van der Waals surface area contributed by atoms with Gasteiger partial charge in [-0.3, -0.25) is 0 Å². The van der Waals surface area contributed by atoms with Crippen LogP contribution in [-0.4, -0.2) is 4.57 Å². The average Bonchev–Trinajstić information content (AvgIpc) is 3.63. The number of rotatable bonds is 9. The summed E-state index contributed by atoms with van der Waals surface area (Å²) in [7, 11) is 0. The summed E-state index contributed by atoms with van der Waals surface area (Å²) in [6.07, 6.45) is 0. The summed E-state index contributed by atoms with van der Waals surface area (Å²) in [5, 5.41) is 2.40. The zero-order chi connectivity index (χ0) is 38.8. The number of aryl methyl sites for hydroxylation is 1. The van der Waals surface area contributed by atoms with Crippen molar-refractivity contribution in [1.29, 1.82) is 0 Å². The van der Waals surface area contributed by atoms with Gasteiger partial charge in [0, 0.05) is 44.9 Å². The minimum Gasteiger partial charge on any atom is -0.310 e. The zero-order valence-electron chi connectivity index (χ0n) is 32.3. The van der Waals surface area contributed by atoms with Crippen LogP contribution >= 0.6 is 0 Å². The first-order chi connectivity index (χ1) is 28.7. The van der Waals surface area contributed by atoms with Gasteiger partial charge in [-0.05, 0) is 114 Å². The first-order valence-corrected chi connectivity index (χ1v) is 19.9. The lowest BCUT2D eigenvalue weighted by Crippen LogP contribution is -2.11. The number of para-hydroxylation sites is 3. The summed E-state index contributed by atoms with van der Waals surface area (Å²) in [5.74, 6) is 0. The molecule has 58 heavy (non-hydrogen) atoms. The normalized spacial score (nSPS) is 11.2. The van der Waals surface area contributed by atoms with Gasteiger partial charge in [0.15, 0.2) is 0 Å². The van der Waals surface area contributed by atoms with Crippen molar-refractivity contribution in [3.8, 4) is 27.9 Å². The lowest BCUT2D eigenvalue weighted by Gasteiger charge is -2.28. The number of fused-ring (bicyclic) bond motifs is 3. The van der Waals surface area contributed by atoms with E-state index in [-0.39, 0.29) is 0 Å². The van der Waals surface area contributed by atoms with Crippen LogP contribution in [0.2, 0.25) is 0 Å². The molecule has 10 aromatic rings. The molecule has 1 aromatic heterocycles. The topological polar surface area (TPSA) is 11.4 Å². The summed E-state index contributed by atoms with van der Waals surface area (Å²) in [5.41, 5.74) is 16.1. The summed E-state index contributed by atoms with van der Waals surface area (Å²) in [4.78, 5) is 4.79. The van der Waals surface area contributed by atoms with Crippen molar-refractivity contribution in [2.75, 3.05) is 9.80 Å². The van der Waals surface area contributed by atoms with Crippen LogP contribution in [0.15, 0.2) is 231 Å². The largest absolute Gasteiger partial charge is 0.310 e. The fraction of sp³-hybridized carbons (Fsp3) is 0.0182. The maximum atomic E-state index is 2.43. The Labute approximate surface area is 339 Å². The van der Waals surface area contributed by atoms with Gasteiger partial charge in [-0.2, -0.15) is 0 Å². The standard InChI is InChI=1S/C55H41N3/c1-40-27-38-52-54(55(40)57(45-21-11-4-12-22-45)46-23-13-5-14-24-46)51-37-36-50(39-53(51)58(52)47-25-15-6-16-26-47)56(48-32-28-43(29-33-48)41-17-7-2-8-18-41)49-34-30-44(31-35-49)42-19-9-3-10-20-42/h2-39H,1H3. The Kier molecular flexibility index (Phi) is 9.09. The van der Waals surface area contributed by atoms with Crippen LogP contribution < -0.4 is 9.80 Å². The molecule has 0 aliphatic rings. The lowest BCUT2D eigenvalue weighted by molar-refractivity contribution is 1.17. The fourth-order valence-electron chi connectivity index (χ4n) is 8.34. The molecule has 0 N–H and O–H groups in total. The van der Waals surface area contributed by atoms with Gasteiger partial charge in [0.05, 0.1) is 16.7 Å². The highest BCUT2D eigenvalue weighted by molar-refractivity contribution is 6.18. The quantitative estimate of drug-likeness (QED) is 0.146. The van der Waals surface area contributed by atoms with Crippen LogP contribution in [-0.2, 0) is 0 Å². The van der Waals surface area contributed by atoms with Crippen molar-refractivity contribution < 1.29 is 0 Å². The van der Waals surface area contributed by atoms with Gasteiger partial charge in [-0.15, -0.1) is 0 Å². The summed E-state index contributed by atoms with van der Waals surface area (Å²) >= 11 is 0. The van der Waals surface area contributed by atoms with Crippen molar-refractivity contribution in [1.82, 2.24) is 4.57 Å². The third kappa shape index (κ3) is 6.39. The van der Waals surface area contributed by atoms with E-state index in [2.05, 4.69) is 252 Å². The SMILES string of the molecule is Cc1ccc2c(c1N(c1ccccc1)c1ccccc1)c1ccc(N(c3ccc(-c4ccccc4)cc3)c3ccc(-c4ccccc4)cc3)cc1n2-c1ccccc1. The number of anilines is 6. The fourth-order valence-corrected chi connectivity index (χ4v) is 8.34. The Morgan fingerprint density at radius 1 is 0.328 bits per heavy atom. The molecular formula is C55H41N3. The lowest BCUT2D eigenvalue weighted by atomic mass is 10.0. The molecule has 0 spiro atoms. The molecule has 0 unspecified atom stereocenters. The molecule has 0 atom stereocenters. The highest BCUT2D eigenvalue weighted by Crippen LogP contribution is 2.47. The maximum Gasteiger partial charge on any atom is 0.0591 e. The molecule has 0 radical (unpaired) electrons. The molecule has 0 aliphatic carbocycles. The molecule has 0 saturated carbocycles. The molecule has 10 rings (SSSR count). The predicted molar refractivity (Wildman–Crippen MR) is 246 cm³/mol. The van der Waals surface area contributed by atoms with Crippen LogP contribution in [0.25, 0.3) is 49.7 Å². The number of nitrogens with zero attached hydrogens (tertiary/aromatic N) is 3. The average molecular weight is 744 g/mol. The van der Waals surface area contributed by atoms with Crippen molar-refractivity contribution >= 4 is 55.9 Å². The molecule has 0 saturated heterocycles. The molecule has 276 valence electrons. The van der Waals surface area contributed by atoms with Gasteiger partial charge < -0.3 is 14.4 Å². The van der Waals surface area contributed by atoms with Crippen LogP contribution in [0.5, 0.6) is 0 Å². The first-order valence-electron chi connectivity index (χ1n) is 19.9. The van der Waals surface area contributed by atoms with E-state index in [1.165, 1.54) is 44.3 Å². The predicted octanol–water partition coefficient (Wildman–Crippen LogP) is 15.4. The number of hydrogen-bond acceptors (Lipinski definition) is 2. The second-order valence-electron chi connectivity index (χ2n) is 14.7. The number of hydrogen-bond donors (Lipinski definition) is 0. The summed E-state index contributed by atoms with van der Waals surface area (Å²) in [6, 6.07) is 82.8. The molecule has 1 heterocycles. The van der Waals surface area contributed by atoms with Crippen molar-refractivity contribution in [2.24, 2.45) is 0 Å². The van der Waals surface area contributed by atoms with E-state index in [1.807, 2.05) is 0 Å². The Bertz CT molecular complexity index is 2840. The van der Waals surface area contributed by atoms with E-state index < -0.39 is 0 Å². The van der Waals surface area contributed by atoms with Crippen LogP contribution in [0.4, 0.5) is 34.1 Å². The van der Waals surface area contributed by atoms with E-state index in [0.717, 1.165) is 45.2 Å². The number of benzene rings is 9. The van der Waals surface area contributed by atoms with E-state index in [4.69, 9.17) is 0 Å². The smallest absolute Gasteiger partial charge is 0.0591 e. The molecular weight excluding hydrogens is 703 g/mol. The highest BCUT2D eigenvalue weighted by Gasteiger charge is 2.24. The van der Waals surface area contributed by atoms with Crippen molar-refractivity contribution in [3.63, 3.8) is 0 Å². The Hall–Kier alpha value is -7.62. The molecule has 0 aliphatic heterocycles. The van der Waals surface area contributed by atoms with Gasteiger partial charge in [0.2, 0.25) is 0 Å². The maximum absolute atomic E-state index is 2.43. The first kappa shape index (κ1) is 34.8. The number of aromatic nitrogens is 1. The second kappa shape index (κ2) is 15.1. The molecule has 0 amide bonds. The molecule has 3 heteroatoms. The molecule has 0 bridgehead atoms. The monoisotopic (exact) mass is 743 g/mol. The molecule has 9 aromatic carbocycles. The minimum atomic E-state index is 1.08. The Balaban J connectivity index is 1.21. The molecule has 3 nitrogen and oxygen atoms in total. The van der Waals surface area contributed by atoms with Crippen LogP contribution in [0.1, 0.15) is 5.56 Å². The van der Waals surface area contributed by atoms with E-state index >= 15 is 0 Å². The van der Waals surface area contributed by atoms with Crippen LogP contribution in [0, 0.1) is 6.92 Å². The van der Waals surface area contributed by atoms with E-state index in [0.29, 0.717) is 0 Å². The van der Waals surface area contributed by atoms with Gasteiger partial charge in [0.1, 0.15) is 0 Å². The van der Waals surface area contributed by atoms with E-state index in [9.17, 15) is 0 Å². The van der Waals surface area contributed by atoms with Gasteiger partial charge in [0.25, 0.3) is 0 Å². The molecule has 0 fully saturated rings. The van der Waals surface area contributed by atoms with E-state index in [1.54, 1.807) is 0 Å². The Morgan fingerprint density at radius 2 is 0.741 bits per heavy atom. The van der Waals surface area contributed by atoms with Gasteiger partial charge >= 0.3 is 0 Å². The van der Waals surface area contributed by atoms with Gasteiger partial charge in [-0.1, -0.05) is 152 Å².